The van der Waals surface area contributed by atoms with E-state index in [4.69, 9.17) is 19.6 Å². The number of fused-ring (bicyclic) bond motifs is 2. The second-order valence-corrected chi connectivity index (χ2v) is 7.88. The number of carboxylic acids is 1. The van der Waals surface area contributed by atoms with Crippen LogP contribution >= 0.6 is 0 Å². The van der Waals surface area contributed by atoms with Crippen molar-refractivity contribution in [2.75, 3.05) is 12.8 Å². The molecule has 7 nitrogen and oxygen atoms in total. The lowest BCUT2D eigenvalue weighted by molar-refractivity contribution is -0.136. The van der Waals surface area contributed by atoms with Gasteiger partial charge in [-0.3, -0.25) is 4.79 Å². The summed E-state index contributed by atoms with van der Waals surface area (Å²) in [5.41, 5.74) is 10.1. The predicted molar refractivity (Wildman–Crippen MR) is 130 cm³/mol. The summed E-state index contributed by atoms with van der Waals surface area (Å²) in [4.78, 5) is 15.4. The molecule has 0 atom stereocenters. The Hall–Kier alpha value is -4.52. The van der Waals surface area contributed by atoms with E-state index in [0.29, 0.717) is 28.5 Å². The van der Waals surface area contributed by atoms with Crippen molar-refractivity contribution >= 4 is 33.5 Å². The zero-order valence-corrected chi connectivity index (χ0v) is 18.4. The molecule has 7 heteroatoms. The van der Waals surface area contributed by atoms with Gasteiger partial charge in [-0.1, -0.05) is 36.4 Å². The van der Waals surface area contributed by atoms with E-state index in [1.165, 1.54) is 0 Å². The largest absolute Gasteiger partial charge is 0.493 e. The Morgan fingerprint density at radius 3 is 2.68 bits per heavy atom. The van der Waals surface area contributed by atoms with Crippen molar-refractivity contribution in [3.05, 3.63) is 84.3 Å². The number of anilines is 1. The Bertz CT molecular complexity index is 1520. The Kier molecular flexibility index (Phi) is 5.51. The fraction of sp³-hybridized carbons (Fsp3) is 0.111. The molecule has 0 saturated heterocycles. The first-order valence-electron chi connectivity index (χ1n) is 10.7. The number of hydrogen-bond donors (Lipinski definition) is 2. The fourth-order valence-corrected chi connectivity index (χ4v) is 4.17. The minimum atomic E-state index is -0.912. The number of carboxylic acid groups (broad SMARTS) is 1. The maximum atomic E-state index is 11.2. The van der Waals surface area contributed by atoms with Crippen LogP contribution in [0.1, 0.15) is 11.1 Å². The van der Waals surface area contributed by atoms with E-state index in [9.17, 15) is 9.90 Å². The number of benzene rings is 3. The zero-order valence-electron chi connectivity index (χ0n) is 18.4. The van der Waals surface area contributed by atoms with Gasteiger partial charge in [0.15, 0.2) is 11.3 Å². The number of aliphatic carboxylic acids is 1. The molecule has 0 amide bonds. The first-order valence-corrected chi connectivity index (χ1v) is 10.7. The van der Waals surface area contributed by atoms with Crippen molar-refractivity contribution in [1.29, 1.82) is 0 Å². The molecule has 5 aromatic rings. The maximum Gasteiger partial charge on any atom is 0.307 e. The lowest BCUT2D eigenvalue weighted by Crippen LogP contribution is -2.04. The van der Waals surface area contributed by atoms with Crippen LogP contribution < -0.4 is 15.2 Å². The third kappa shape index (κ3) is 3.88. The Labute approximate surface area is 195 Å². The number of nitrogen functional groups attached to an aromatic ring is 1. The van der Waals surface area contributed by atoms with Crippen molar-refractivity contribution in [1.82, 2.24) is 4.98 Å². The number of nitrogens with two attached hydrogens (primary N) is 1. The summed E-state index contributed by atoms with van der Waals surface area (Å²) in [6.45, 7) is 0.211. The fourth-order valence-electron chi connectivity index (χ4n) is 4.17. The van der Waals surface area contributed by atoms with Gasteiger partial charge in [0.2, 0.25) is 0 Å². The van der Waals surface area contributed by atoms with Crippen molar-refractivity contribution in [2.45, 2.75) is 13.0 Å². The monoisotopic (exact) mass is 454 g/mol. The maximum absolute atomic E-state index is 11.2. The van der Waals surface area contributed by atoms with Gasteiger partial charge < -0.3 is 24.7 Å². The minimum Gasteiger partial charge on any atom is -0.493 e. The van der Waals surface area contributed by atoms with Gasteiger partial charge in [-0.2, -0.15) is 0 Å². The normalized spacial score (nSPS) is 11.1. The second-order valence-electron chi connectivity index (χ2n) is 7.88. The minimum absolute atomic E-state index is 0.112. The van der Waals surface area contributed by atoms with Crippen molar-refractivity contribution in [3.63, 3.8) is 0 Å². The Morgan fingerprint density at radius 1 is 1.00 bits per heavy atom. The van der Waals surface area contributed by atoms with Crippen LogP contribution in [0.5, 0.6) is 11.5 Å². The molecule has 5 rings (SSSR count). The van der Waals surface area contributed by atoms with E-state index in [-0.39, 0.29) is 13.0 Å². The zero-order chi connectivity index (χ0) is 23.7. The van der Waals surface area contributed by atoms with E-state index < -0.39 is 5.97 Å². The summed E-state index contributed by atoms with van der Waals surface area (Å²) >= 11 is 0. The first-order chi connectivity index (χ1) is 16.5. The molecule has 2 aromatic heterocycles. The molecule has 0 spiro atoms. The topological polar surface area (TPSA) is 108 Å². The van der Waals surface area contributed by atoms with E-state index in [1.807, 2.05) is 42.5 Å². The van der Waals surface area contributed by atoms with Crippen molar-refractivity contribution < 1.29 is 23.8 Å². The number of rotatable bonds is 7. The van der Waals surface area contributed by atoms with E-state index in [2.05, 4.69) is 4.98 Å². The number of aromatic nitrogens is 1. The van der Waals surface area contributed by atoms with Crippen LogP contribution in [0.25, 0.3) is 32.9 Å². The number of carbonyl (C=O) groups is 1. The van der Waals surface area contributed by atoms with Gasteiger partial charge in [0.1, 0.15) is 18.2 Å². The number of hydrogen-bond acceptors (Lipinski definition) is 6. The molecule has 0 fully saturated rings. The van der Waals surface area contributed by atoms with Gasteiger partial charge in [0.25, 0.3) is 0 Å². The highest BCUT2D eigenvalue weighted by Gasteiger charge is 2.16. The highest BCUT2D eigenvalue weighted by Crippen LogP contribution is 2.38. The van der Waals surface area contributed by atoms with Gasteiger partial charge in [-0.25, -0.2) is 4.98 Å². The molecular formula is C27H22N2O5. The van der Waals surface area contributed by atoms with Gasteiger partial charge in [-0.15, -0.1) is 0 Å². The van der Waals surface area contributed by atoms with Crippen molar-refractivity contribution in [2.24, 2.45) is 0 Å². The summed E-state index contributed by atoms with van der Waals surface area (Å²) in [7, 11) is 1.60. The summed E-state index contributed by atoms with van der Waals surface area (Å²) in [6, 6.07) is 19.0. The molecule has 3 N–H and O–H groups in total. The van der Waals surface area contributed by atoms with Gasteiger partial charge in [0.05, 0.1) is 19.8 Å². The smallest absolute Gasteiger partial charge is 0.307 e. The molecular weight excluding hydrogens is 432 g/mol. The summed E-state index contributed by atoms with van der Waals surface area (Å²) in [5.74, 6) is 0.693. The lowest BCUT2D eigenvalue weighted by Gasteiger charge is -2.12. The number of nitrogens with zero attached hydrogens (tertiary/aromatic N) is 1. The standard InChI is InChI=1S/C27H22N2O5/c1-32-24-12-17(19-6-4-7-21-20(19)9-10-29-27(21)28)11-22-18(15-34-26(22)24)14-33-23-8-3-2-5-16(23)13-25(30)31/h2-12,15H,13-14H2,1H3,(H2,28,29)(H,30,31). The van der Waals surface area contributed by atoms with E-state index >= 15 is 0 Å². The molecule has 0 radical (unpaired) electrons. The molecule has 0 aliphatic carbocycles. The van der Waals surface area contributed by atoms with Crippen LogP contribution in [-0.2, 0) is 17.8 Å². The van der Waals surface area contributed by atoms with E-state index in [1.54, 1.807) is 37.8 Å². The molecule has 0 aliphatic heterocycles. The number of pyridine rings is 1. The number of furan rings is 1. The Morgan fingerprint density at radius 2 is 1.85 bits per heavy atom. The summed E-state index contributed by atoms with van der Waals surface area (Å²) in [6.07, 6.45) is 3.23. The van der Waals surface area contributed by atoms with E-state index in [0.717, 1.165) is 32.8 Å². The molecule has 0 unspecified atom stereocenters. The van der Waals surface area contributed by atoms with Gasteiger partial charge in [0, 0.05) is 28.1 Å². The molecule has 2 heterocycles. The van der Waals surface area contributed by atoms with Crippen LogP contribution in [0.2, 0.25) is 0 Å². The third-order valence-corrected chi connectivity index (χ3v) is 5.79. The van der Waals surface area contributed by atoms with Crippen LogP contribution in [0.4, 0.5) is 5.82 Å². The molecule has 0 bridgehead atoms. The molecule has 3 aromatic carbocycles. The second kappa shape index (κ2) is 8.78. The van der Waals surface area contributed by atoms with Gasteiger partial charge in [-0.05, 0) is 40.8 Å². The van der Waals surface area contributed by atoms with Crippen LogP contribution in [0.3, 0.4) is 0 Å². The number of para-hydroxylation sites is 1. The molecule has 0 saturated carbocycles. The first kappa shape index (κ1) is 21.3. The molecule has 170 valence electrons. The third-order valence-electron chi connectivity index (χ3n) is 5.79. The van der Waals surface area contributed by atoms with Crippen LogP contribution in [0, 0.1) is 0 Å². The van der Waals surface area contributed by atoms with Crippen LogP contribution in [0.15, 0.2) is 77.5 Å². The average Bonchev–Trinajstić information content (AvgIpc) is 3.25. The van der Waals surface area contributed by atoms with Crippen molar-refractivity contribution in [3.8, 4) is 22.6 Å². The SMILES string of the molecule is COc1cc(-c2cccc3c(N)nccc23)cc2c(COc3ccccc3CC(=O)O)coc12. The van der Waals surface area contributed by atoms with Crippen LogP contribution in [-0.4, -0.2) is 23.2 Å². The summed E-state index contributed by atoms with van der Waals surface area (Å²) in [5, 5.41) is 11.9. The quantitative estimate of drug-likeness (QED) is 0.337. The average molecular weight is 454 g/mol. The number of ether oxygens (including phenoxy) is 2. The highest BCUT2D eigenvalue weighted by molar-refractivity contribution is 6.03. The predicted octanol–water partition coefficient (Wildman–Crippen LogP) is 5.44. The number of methoxy groups -OCH3 is 1. The molecule has 34 heavy (non-hydrogen) atoms. The highest BCUT2D eigenvalue weighted by atomic mass is 16.5. The summed E-state index contributed by atoms with van der Waals surface area (Å²) < 4.78 is 17.5. The molecule has 0 aliphatic rings. The van der Waals surface area contributed by atoms with Gasteiger partial charge >= 0.3 is 5.97 Å². The Balaban J connectivity index is 1.56. The lowest BCUT2D eigenvalue weighted by atomic mass is 9.97.